The van der Waals surface area contributed by atoms with Crippen molar-refractivity contribution in [2.75, 3.05) is 39.5 Å². The summed E-state index contributed by atoms with van der Waals surface area (Å²) in [6.45, 7) is 9.22. The average molecular weight is 254 g/mol. The van der Waals surface area contributed by atoms with Crippen LogP contribution in [0.15, 0.2) is 18.2 Å². The predicted molar refractivity (Wildman–Crippen MR) is 71.6 cm³/mol. The molecule has 5 N–H and O–H groups in total. The first-order valence-electron chi connectivity index (χ1n) is 6.62. The van der Waals surface area contributed by atoms with Gasteiger partial charge in [0.2, 0.25) is 0 Å². The fourth-order valence-electron chi connectivity index (χ4n) is 1.79. The Kier molecular flexibility index (Phi) is 7.41. The molecule has 4 heteroatoms. The normalized spacial score (nSPS) is 10.6. The molecule has 1 aromatic carbocycles. The Bertz CT molecular complexity index is 322. The highest BCUT2D eigenvalue weighted by Crippen LogP contribution is 2.15. The van der Waals surface area contributed by atoms with E-state index in [0.717, 1.165) is 32.0 Å². The molecule has 0 aliphatic rings. The van der Waals surface area contributed by atoms with Crippen LogP contribution in [-0.4, -0.2) is 39.5 Å². The molecule has 0 heterocycles. The van der Waals surface area contributed by atoms with Gasteiger partial charge in [0.1, 0.15) is 25.4 Å². The molecular weight excluding hydrogens is 228 g/mol. The molecule has 0 spiro atoms. The number of nitrogens with two attached hydrogens (primary N) is 1. The Morgan fingerprint density at radius 3 is 2.39 bits per heavy atom. The third-order valence-electron chi connectivity index (χ3n) is 2.57. The van der Waals surface area contributed by atoms with E-state index in [2.05, 4.69) is 43.1 Å². The summed E-state index contributed by atoms with van der Waals surface area (Å²) in [7, 11) is 0. The van der Waals surface area contributed by atoms with Crippen molar-refractivity contribution in [3.63, 3.8) is 0 Å². The Balaban J connectivity index is 2.07. The second kappa shape index (κ2) is 8.91. The molecule has 0 saturated carbocycles. The average Bonchev–Trinajstić information content (AvgIpc) is 2.31. The second-order valence-electron chi connectivity index (χ2n) is 4.50. The molecule has 1 aromatic rings. The molecule has 0 fully saturated rings. The molecule has 4 nitrogen and oxygen atoms in total. The smallest absolute Gasteiger partial charge is 0.125 e. The molecule has 18 heavy (non-hydrogen) atoms. The van der Waals surface area contributed by atoms with Crippen molar-refractivity contribution in [3.05, 3.63) is 29.3 Å². The van der Waals surface area contributed by atoms with E-state index in [-0.39, 0.29) is 0 Å². The van der Waals surface area contributed by atoms with Crippen molar-refractivity contribution in [1.82, 2.24) is 0 Å². The zero-order valence-corrected chi connectivity index (χ0v) is 11.6. The quantitative estimate of drug-likeness (QED) is 0.584. The van der Waals surface area contributed by atoms with Crippen LogP contribution in [0.1, 0.15) is 11.1 Å². The largest absolute Gasteiger partial charge is 0.491 e. The van der Waals surface area contributed by atoms with Crippen LogP contribution >= 0.6 is 0 Å². The van der Waals surface area contributed by atoms with Gasteiger partial charge in [-0.1, -0.05) is 6.07 Å². The number of benzene rings is 1. The third-order valence-corrected chi connectivity index (χ3v) is 2.57. The van der Waals surface area contributed by atoms with Gasteiger partial charge in [-0.05, 0) is 37.1 Å². The van der Waals surface area contributed by atoms with Crippen LogP contribution in [0.3, 0.4) is 0 Å². The highest BCUT2D eigenvalue weighted by atomic mass is 16.5. The van der Waals surface area contributed by atoms with Crippen molar-refractivity contribution in [1.29, 1.82) is 0 Å². The molecule has 0 saturated heterocycles. The maximum Gasteiger partial charge on any atom is 0.125 e. The number of quaternary nitrogens is 2. The van der Waals surface area contributed by atoms with E-state index in [1.807, 2.05) is 0 Å². The van der Waals surface area contributed by atoms with Crippen LogP contribution in [0.5, 0.6) is 5.75 Å². The molecule has 0 radical (unpaired) electrons. The summed E-state index contributed by atoms with van der Waals surface area (Å²) >= 11 is 0. The number of hydrogen-bond acceptors (Lipinski definition) is 2. The molecule has 0 aliphatic heterocycles. The summed E-state index contributed by atoms with van der Waals surface area (Å²) in [6.07, 6.45) is 0. The Labute approximate surface area is 109 Å². The fraction of sp³-hybridized carbons (Fsp3) is 0.571. The lowest BCUT2D eigenvalue weighted by atomic mass is 10.1. The molecule has 0 bridgehead atoms. The molecule has 0 aromatic heterocycles. The molecular formula is C14H26N2O2+2. The van der Waals surface area contributed by atoms with Gasteiger partial charge in [0.15, 0.2) is 0 Å². The van der Waals surface area contributed by atoms with Gasteiger partial charge in [0.25, 0.3) is 0 Å². The van der Waals surface area contributed by atoms with E-state index >= 15 is 0 Å². The van der Waals surface area contributed by atoms with E-state index in [4.69, 9.17) is 9.47 Å². The molecule has 0 aliphatic carbocycles. The van der Waals surface area contributed by atoms with E-state index in [9.17, 15) is 0 Å². The van der Waals surface area contributed by atoms with Gasteiger partial charge < -0.3 is 20.5 Å². The van der Waals surface area contributed by atoms with Gasteiger partial charge in [-0.2, -0.15) is 0 Å². The zero-order valence-electron chi connectivity index (χ0n) is 11.6. The number of ether oxygens (including phenoxy) is 2. The minimum atomic E-state index is 0.609. The molecule has 102 valence electrons. The summed E-state index contributed by atoms with van der Waals surface area (Å²) in [5, 5.41) is 2.22. The molecule has 0 atom stereocenters. The Morgan fingerprint density at radius 1 is 1.00 bits per heavy atom. The second-order valence-corrected chi connectivity index (χ2v) is 4.50. The Morgan fingerprint density at radius 2 is 1.72 bits per heavy atom. The van der Waals surface area contributed by atoms with Crippen LogP contribution in [0.2, 0.25) is 0 Å². The van der Waals surface area contributed by atoms with Gasteiger partial charge in [-0.15, -0.1) is 0 Å². The number of rotatable bonds is 9. The predicted octanol–water partition coefficient (Wildman–Crippen LogP) is -0.496. The molecule has 0 amide bonds. The van der Waals surface area contributed by atoms with E-state index in [1.165, 1.54) is 11.1 Å². The minimum Gasteiger partial charge on any atom is -0.491 e. The summed E-state index contributed by atoms with van der Waals surface area (Å²) in [5.41, 5.74) is 6.25. The fourth-order valence-corrected chi connectivity index (χ4v) is 1.79. The highest BCUT2D eigenvalue weighted by molar-refractivity contribution is 5.32. The summed E-state index contributed by atoms with van der Waals surface area (Å²) in [6, 6.07) is 6.24. The monoisotopic (exact) mass is 254 g/mol. The van der Waals surface area contributed by atoms with Gasteiger partial charge in [-0.3, -0.25) is 0 Å². The van der Waals surface area contributed by atoms with Crippen LogP contribution in [0.4, 0.5) is 0 Å². The van der Waals surface area contributed by atoms with Crippen LogP contribution in [0.25, 0.3) is 0 Å². The van der Waals surface area contributed by atoms with Gasteiger partial charge >= 0.3 is 0 Å². The van der Waals surface area contributed by atoms with Gasteiger partial charge in [0, 0.05) is 0 Å². The summed E-state index contributed by atoms with van der Waals surface area (Å²) in [5.74, 6) is 0.930. The van der Waals surface area contributed by atoms with Crippen molar-refractivity contribution >= 4 is 0 Å². The standard InChI is InChI=1S/C14H24N2O2/c1-12-9-13(2)11-14(10-12)18-8-7-17-6-5-16-4-3-15/h9-11,16H,3-8,15H2,1-2H3/p+2. The van der Waals surface area contributed by atoms with Crippen molar-refractivity contribution in [3.8, 4) is 5.75 Å². The summed E-state index contributed by atoms with van der Waals surface area (Å²) in [4.78, 5) is 0. The maximum atomic E-state index is 5.65. The van der Waals surface area contributed by atoms with Gasteiger partial charge in [0.05, 0.1) is 19.8 Å². The zero-order chi connectivity index (χ0) is 13.2. The molecule has 0 unspecified atom stereocenters. The minimum absolute atomic E-state index is 0.609. The van der Waals surface area contributed by atoms with Crippen molar-refractivity contribution < 1.29 is 20.5 Å². The lowest BCUT2D eigenvalue weighted by Gasteiger charge is -2.08. The van der Waals surface area contributed by atoms with E-state index in [1.54, 1.807) is 0 Å². The van der Waals surface area contributed by atoms with Crippen molar-refractivity contribution in [2.24, 2.45) is 0 Å². The van der Waals surface area contributed by atoms with Crippen molar-refractivity contribution in [2.45, 2.75) is 13.8 Å². The van der Waals surface area contributed by atoms with E-state index < -0.39 is 0 Å². The first-order valence-corrected chi connectivity index (χ1v) is 6.62. The van der Waals surface area contributed by atoms with Crippen LogP contribution in [0, 0.1) is 13.8 Å². The lowest BCUT2D eigenvalue weighted by molar-refractivity contribution is -0.671. The first kappa shape index (κ1) is 15.0. The molecule has 1 rings (SSSR count). The van der Waals surface area contributed by atoms with Crippen LogP contribution in [-0.2, 0) is 4.74 Å². The number of hydrogen-bond donors (Lipinski definition) is 2. The van der Waals surface area contributed by atoms with Gasteiger partial charge in [-0.25, -0.2) is 0 Å². The SMILES string of the molecule is Cc1cc(C)cc(OCCOCC[NH2+]CC[NH3+])c1. The lowest BCUT2D eigenvalue weighted by Crippen LogP contribution is -2.88. The Hall–Kier alpha value is -1.10. The highest BCUT2D eigenvalue weighted by Gasteiger charge is 1.97. The number of aryl methyl sites for hydroxylation is 2. The summed E-state index contributed by atoms with van der Waals surface area (Å²) < 4.78 is 11.1. The maximum absolute atomic E-state index is 5.65. The third kappa shape index (κ3) is 6.59. The first-order chi connectivity index (χ1) is 8.72. The topological polar surface area (TPSA) is 62.7 Å². The van der Waals surface area contributed by atoms with E-state index in [0.29, 0.717) is 13.2 Å². The van der Waals surface area contributed by atoms with Crippen LogP contribution < -0.4 is 15.8 Å².